The Morgan fingerprint density at radius 1 is 1.24 bits per heavy atom. The van der Waals surface area contributed by atoms with E-state index < -0.39 is 5.79 Å². The molecule has 2 fully saturated rings. The minimum atomic E-state index is -0.507. The average Bonchev–Trinajstić information content (AvgIpc) is 2.82. The largest absolute Gasteiger partial charge is 0.353 e. The zero-order valence-electron chi connectivity index (χ0n) is 13.8. The first kappa shape index (κ1) is 16.8. The summed E-state index contributed by atoms with van der Waals surface area (Å²) < 4.78 is 11.2. The van der Waals surface area contributed by atoms with Crippen molar-refractivity contribution in [2.24, 2.45) is 11.8 Å². The van der Waals surface area contributed by atoms with E-state index in [4.69, 9.17) is 9.47 Å². The predicted octanol–water partition coefficient (Wildman–Crippen LogP) is 3.25. The van der Waals surface area contributed by atoms with Gasteiger partial charge in [0.2, 0.25) is 5.91 Å². The van der Waals surface area contributed by atoms with Crippen LogP contribution in [0.1, 0.15) is 65.7 Å². The molecule has 4 heteroatoms. The minimum absolute atomic E-state index is 0.00940. The van der Waals surface area contributed by atoms with E-state index in [1.165, 1.54) is 32.1 Å². The molecular formula is C17H31NO3. The maximum atomic E-state index is 12.2. The Bertz CT molecular complexity index is 335. The topological polar surface area (TPSA) is 47.6 Å². The van der Waals surface area contributed by atoms with Crippen LogP contribution in [0.25, 0.3) is 0 Å². The number of carbonyl (C=O) groups excluding carboxylic acids is 1. The molecule has 1 aliphatic carbocycles. The van der Waals surface area contributed by atoms with Crippen LogP contribution in [0.15, 0.2) is 0 Å². The van der Waals surface area contributed by atoms with Gasteiger partial charge in [0.25, 0.3) is 0 Å². The van der Waals surface area contributed by atoms with Gasteiger partial charge < -0.3 is 14.8 Å². The summed E-state index contributed by atoms with van der Waals surface area (Å²) in [6.45, 7) is 7.20. The second kappa shape index (κ2) is 7.59. The van der Waals surface area contributed by atoms with Crippen molar-refractivity contribution in [1.29, 1.82) is 0 Å². The van der Waals surface area contributed by atoms with Crippen molar-refractivity contribution in [3.8, 4) is 0 Å². The van der Waals surface area contributed by atoms with Gasteiger partial charge in [0, 0.05) is 12.5 Å². The standard InChI is InChI=1S/C17H31NO3/c1-4-5-6-13-7-9-14(10-8-13)16(19)18-11-15-12-20-17(2,3)21-15/h13-15H,4-12H2,1-3H3,(H,18,19). The molecule has 1 saturated heterocycles. The molecule has 0 spiro atoms. The SMILES string of the molecule is CCCCC1CCC(C(=O)NCC2COC(C)(C)O2)CC1. The van der Waals surface area contributed by atoms with Crippen LogP contribution in [0.3, 0.4) is 0 Å². The lowest BCUT2D eigenvalue weighted by atomic mass is 9.79. The van der Waals surface area contributed by atoms with Crippen molar-refractivity contribution < 1.29 is 14.3 Å². The van der Waals surface area contributed by atoms with Crippen LogP contribution in [-0.4, -0.2) is 30.9 Å². The van der Waals surface area contributed by atoms with Crippen LogP contribution in [0.5, 0.6) is 0 Å². The van der Waals surface area contributed by atoms with Gasteiger partial charge in [-0.1, -0.05) is 26.2 Å². The summed E-state index contributed by atoms with van der Waals surface area (Å²) >= 11 is 0. The molecule has 1 N–H and O–H groups in total. The van der Waals surface area contributed by atoms with Crippen molar-refractivity contribution in [1.82, 2.24) is 5.32 Å². The van der Waals surface area contributed by atoms with E-state index in [1.54, 1.807) is 0 Å². The number of amides is 1. The molecule has 21 heavy (non-hydrogen) atoms. The smallest absolute Gasteiger partial charge is 0.223 e. The third-order valence-corrected chi connectivity index (χ3v) is 4.75. The van der Waals surface area contributed by atoms with Crippen LogP contribution < -0.4 is 5.32 Å². The van der Waals surface area contributed by atoms with Gasteiger partial charge in [-0.3, -0.25) is 4.79 Å². The molecule has 1 unspecified atom stereocenters. The fourth-order valence-corrected chi connectivity index (χ4v) is 3.43. The zero-order chi connectivity index (χ0) is 15.3. The maximum absolute atomic E-state index is 12.2. The van der Waals surface area contributed by atoms with Crippen molar-refractivity contribution in [3.05, 3.63) is 0 Å². The fourth-order valence-electron chi connectivity index (χ4n) is 3.43. The minimum Gasteiger partial charge on any atom is -0.353 e. The normalized spacial score (nSPS) is 32.0. The summed E-state index contributed by atoms with van der Waals surface area (Å²) in [5.41, 5.74) is 0. The van der Waals surface area contributed by atoms with E-state index in [9.17, 15) is 4.79 Å². The number of carbonyl (C=O) groups is 1. The average molecular weight is 297 g/mol. The third kappa shape index (κ3) is 5.26. The number of unbranched alkanes of at least 4 members (excludes halogenated alkanes) is 1. The highest BCUT2D eigenvalue weighted by Gasteiger charge is 2.33. The monoisotopic (exact) mass is 297 g/mol. The summed E-state index contributed by atoms with van der Waals surface area (Å²) in [6, 6.07) is 0. The van der Waals surface area contributed by atoms with Crippen LogP contribution in [0.2, 0.25) is 0 Å². The molecule has 1 aliphatic heterocycles. The second-order valence-corrected chi connectivity index (χ2v) is 7.06. The first-order valence-electron chi connectivity index (χ1n) is 8.59. The van der Waals surface area contributed by atoms with Gasteiger partial charge in [0.15, 0.2) is 5.79 Å². The molecule has 1 atom stereocenters. The molecule has 2 aliphatic rings. The number of nitrogens with one attached hydrogen (secondary N) is 1. The van der Waals surface area contributed by atoms with Crippen LogP contribution in [0, 0.1) is 11.8 Å². The first-order chi connectivity index (χ1) is 10.00. The summed E-state index contributed by atoms with van der Waals surface area (Å²) in [7, 11) is 0. The Balaban J connectivity index is 1.64. The van der Waals surface area contributed by atoms with E-state index in [-0.39, 0.29) is 17.9 Å². The molecule has 2 rings (SSSR count). The highest BCUT2D eigenvalue weighted by molar-refractivity contribution is 5.78. The van der Waals surface area contributed by atoms with E-state index in [0.717, 1.165) is 18.8 Å². The van der Waals surface area contributed by atoms with Crippen LogP contribution in [0.4, 0.5) is 0 Å². The fraction of sp³-hybridized carbons (Fsp3) is 0.941. The number of ether oxygens (including phenoxy) is 2. The van der Waals surface area contributed by atoms with Crippen LogP contribution >= 0.6 is 0 Å². The second-order valence-electron chi connectivity index (χ2n) is 7.06. The number of rotatable bonds is 6. The van der Waals surface area contributed by atoms with Gasteiger partial charge in [-0.15, -0.1) is 0 Å². The molecule has 0 bridgehead atoms. The lowest BCUT2D eigenvalue weighted by Gasteiger charge is -2.28. The van der Waals surface area contributed by atoms with E-state index >= 15 is 0 Å². The van der Waals surface area contributed by atoms with Gasteiger partial charge in [-0.2, -0.15) is 0 Å². The molecule has 1 saturated carbocycles. The Hall–Kier alpha value is -0.610. The lowest BCUT2D eigenvalue weighted by molar-refractivity contribution is -0.140. The maximum Gasteiger partial charge on any atom is 0.223 e. The molecule has 122 valence electrons. The summed E-state index contributed by atoms with van der Waals surface area (Å²) in [5.74, 6) is 0.754. The van der Waals surface area contributed by atoms with Crippen molar-refractivity contribution >= 4 is 5.91 Å². The molecule has 0 aromatic carbocycles. The molecule has 1 heterocycles. The molecule has 0 aromatic rings. The summed E-state index contributed by atoms with van der Waals surface area (Å²) in [6.07, 6.45) is 8.47. The van der Waals surface area contributed by atoms with Crippen molar-refractivity contribution in [2.45, 2.75) is 77.6 Å². The first-order valence-corrected chi connectivity index (χ1v) is 8.59. The Labute approximate surface area is 129 Å². The Morgan fingerprint density at radius 3 is 2.52 bits per heavy atom. The Kier molecular flexibility index (Phi) is 6.06. The number of hydrogen-bond acceptors (Lipinski definition) is 3. The van der Waals surface area contributed by atoms with Gasteiger partial charge in [-0.25, -0.2) is 0 Å². The van der Waals surface area contributed by atoms with Gasteiger partial charge >= 0.3 is 0 Å². The van der Waals surface area contributed by atoms with Crippen molar-refractivity contribution in [2.75, 3.05) is 13.2 Å². The highest BCUT2D eigenvalue weighted by atomic mass is 16.7. The van der Waals surface area contributed by atoms with E-state index in [2.05, 4.69) is 12.2 Å². The third-order valence-electron chi connectivity index (χ3n) is 4.75. The number of hydrogen-bond donors (Lipinski definition) is 1. The van der Waals surface area contributed by atoms with Crippen LogP contribution in [-0.2, 0) is 14.3 Å². The quantitative estimate of drug-likeness (QED) is 0.818. The highest BCUT2D eigenvalue weighted by Crippen LogP contribution is 2.32. The molecular weight excluding hydrogens is 266 g/mol. The van der Waals surface area contributed by atoms with Gasteiger partial charge in [0.1, 0.15) is 6.10 Å². The Morgan fingerprint density at radius 2 is 1.95 bits per heavy atom. The lowest BCUT2D eigenvalue weighted by Crippen LogP contribution is -2.39. The van der Waals surface area contributed by atoms with Gasteiger partial charge in [0.05, 0.1) is 6.61 Å². The van der Waals surface area contributed by atoms with Crippen molar-refractivity contribution in [3.63, 3.8) is 0 Å². The summed E-state index contributed by atoms with van der Waals surface area (Å²) in [5, 5.41) is 3.05. The summed E-state index contributed by atoms with van der Waals surface area (Å²) in [4.78, 5) is 12.2. The molecule has 0 aromatic heterocycles. The molecule has 4 nitrogen and oxygen atoms in total. The van der Waals surface area contributed by atoms with E-state index in [1.807, 2.05) is 13.8 Å². The van der Waals surface area contributed by atoms with Gasteiger partial charge in [-0.05, 0) is 45.4 Å². The molecule has 0 radical (unpaired) electrons. The van der Waals surface area contributed by atoms with E-state index in [0.29, 0.717) is 13.2 Å². The molecule has 1 amide bonds. The zero-order valence-corrected chi connectivity index (χ0v) is 13.8. The predicted molar refractivity (Wildman–Crippen MR) is 82.9 cm³/mol.